The molecule has 9 nitrogen and oxygen atoms in total. The van der Waals surface area contributed by atoms with E-state index in [-0.39, 0.29) is 27.9 Å². The number of benzene rings is 2. The lowest BCUT2D eigenvalue weighted by atomic mass is 10.2. The fourth-order valence-corrected chi connectivity index (χ4v) is 4.10. The van der Waals surface area contributed by atoms with Crippen LogP contribution in [0.3, 0.4) is 0 Å². The van der Waals surface area contributed by atoms with Gasteiger partial charge in [0.1, 0.15) is 12.4 Å². The van der Waals surface area contributed by atoms with Gasteiger partial charge < -0.3 is 9.84 Å². The summed E-state index contributed by atoms with van der Waals surface area (Å²) in [7, 11) is -4.18. The van der Waals surface area contributed by atoms with Crippen molar-refractivity contribution in [2.24, 2.45) is 4.40 Å². The van der Waals surface area contributed by atoms with Gasteiger partial charge in [-0.15, -0.1) is 4.40 Å². The first-order valence-corrected chi connectivity index (χ1v) is 11.0. The van der Waals surface area contributed by atoms with E-state index in [1.807, 2.05) is 18.2 Å². The Morgan fingerprint density at radius 1 is 1.22 bits per heavy atom. The molecule has 4 rings (SSSR count). The van der Waals surface area contributed by atoms with Gasteiger partial charge in [0.05, 0.1) is 17.0 Å². The zero-order chi connectivity index (χ0) is 22.9. The number of hydrogen-bond donors (Lipinski definition) is 1. The summed E-state index contributed by atoms with van der Waals surface area (Å²) in [6, 6.07) is 12.7. The molecule has 1 N–H and O–H groups in total. The van der Waals surface area contributed by atoms with Crippen LogP contribution in [0.25, 0.3) is 17.0 Å². The quantitative estimate of drug-likeness (QED) is 0.603. The van der Waals surface area contributed by atoms with Crippen molar-refractivity contribution in [3.63, 3.8) is 0 Å². The summed E-state index contributed by atoms with van der Waals surface area (Å²) >= 11 is 5.69. The van der Waals surface area contributed by atoms with Gasteiger partial charge in [0.25, 0.3) is 5.89 Å². The van der Waals surface area contributed by atoms with Crippen LogP contribution in [0.15, 0.2) is 63.7 Å². The second-order valence-electron chi connectivity index (χ2n) is 6.70. The second kappa shape index (κ2) is 8.52. The van der Waals surface area contributed by atoms with Crippen LogP contribution >= 0.6 is 11.6 Å². The molecule has 0 spiro atoms. The van der Waals surface area contributed by atoms with E-state index in [4.69, 9.17) is 16.1 Å². The van der Waals surface area contributed by atoms with Gasteiger partial charge in [-0.2, -0.15) is 13.4 Å². The molecule has 3 aromatic rings. The Morgan fingerprint density at radius 2 is 1.97 bits per heavy atom. The number of anilines is 1. The molecule has 1 amide bonds. The van der Waals surface area contributed by atoms with Crippen LogP contribution in [-0.4, -0.2) is 41.0 Å². The first-order valence-electron chi connectivity index (χ1n) is 9.18. The van der Waals surface area contributed by atoms with Crippen molar-refractivity contribution in [1.82, 2.24) is 14.4 Å². The molecule has 0 bridgehead atoms. The van der Waals surface area contributed by atoms with Crippen LogP contribution in [0.1, 0.15) is 12.8 Å². The zero-order valence-electron chi connectivity index (χ0n) is 16.5. The average Bonchev–Trinajstić information content (AvgIpc) is 3.22. The molecule has 1 aliphatic heterocycles. The van der Waals surface area contributed by atoms with Crippen molar-refractivity contribution < 1.29 is 22.1 Å². The van der Waals surface area contributed by atoms with Gasteiger partial charge >= 0.3 is 10.2 Å². The Balaban J connectivity index is 1.58. The van der Waals surface area contributed by atoms with Gasteiger partial charge in [0.2, 0.25) is 11.7 Å². The molecule has 1 aliphatic rings. The number of halogens is 2. The average molecular weight is 476 g/mol. The van der Waals surface area contributed by atoms with Crippen LogP contribution < -0.4 is 5.32 Å². The van der Waals surface area contributed by atoms with E-state index in [1.54, 1.807) is 12.1 Å². The molecular formula is C20H15ClFN5O4S. The second-order valence-corrected chi connectivity index (χ2v) is 8.69. The van der Waals surface area contributed by atoms with E-state index in [2.05, 4.69) is 19.9 Å². The van der Waals surface area contributed by atoms with Crippen molar-refractivity contribution in [1.29, 1.82) is 0 Å². The highest BCUT2D eigenvalue weighted by atomic mass is 35.5. The van der Waals surface area contributed by atoms with E-state index in [1.165, 1.54) is 25.3 Å². The highest BCUT2D eigenvalue weighted by Crippen LogP contribution is 2.26. The van der Waals surface area contributed by atoms with Gasteiger partial charge in [0.15, 0.2) is 0 Å². The van der Waals surface area contributed by atoms with Crippen LogP contribution in [0.5, 0.6) is 0 Å². The molecular weight excluding hydrogens is 461 g/mol. The Bertz CT molecular complexity index is 1360. The Kier molecular flexibility index (Phi) is 5.76. The predicted octanol–water partition coefficient (Wildman–Crippen LogP) is 3.53. The SMILES string of the molecule is CC1=NS(=O)(=O)N(CC(=O)Nc2ccc(Cl)cc2F)C=C1c1nc(-c2ccccc2)no1. The monoisotopic (exact) mass is 475 g/mol. The minimum absolute atomic E-state index is 0.0363. The molecule has 1 aromatic heterocycles. The molecule has 0 saturated carbocycles. The van der Waals surface area contributed by atoms with Gasteiger partial charge in [-0.25, -0.2) is 8.70 Å². The Hall–Kier alpha value is -3.57. The van der Waals surface area contributed by atoms with E-state index in [0.717, 1.165) is 6.07 Å². The van der Waals surface area contributed by atoms with Crippen LogP contribution in [0.2, 0.25) is 5.02 Å². The number of hydrogen-bond acceptors (Lipinski definition) is 6. The molecule has 0 aliphatic carbocycles. The standard InChI is InChI=1S/C20H15ClFN5O4S/c1-12-15(20-24-19(25-31-20)13-5-3-2-4-6-13)10-27(32(29,30)26-12)11-18(28)23-17-8-7-14(21)9-16(17)22/h2-10H,11H2,1H3,(H,23,28). The maximum atomic E-state index is 13.9. The normalized spacial score (nSPS) is 15.2. The lowest BCUT2D eigenvalue weighted by Gasteiger charge is -2.22. The largest absolute Gasteiger partial charge is 0.344 e. The molecule has 32 heavy (non-hydrogen) atoms. The molecule has 0 radical (unpaired) electrons. The molecule has 2 aromatic carbocycles. The predicted molar refractivity (Wildman–Crippen MR) is 116 cm³/mol. The molecule has 12 heteroatoms. The molecule has 0 atom stereocenters. The summed E-state index contributed by atoms with van der Waals surface area (Å²) < 4.78 is 48.5. The van der Waals surface area contributed by atoms with E-state index >= 15 is 0 Å². The minimum Gasteiger partial charge on any atom is -0.333 e. The first kappa shape index (κ1) is 21.7. The number of nitrogens with zero attached hydrogens (tertiary/aromatic N) is 4. The maximum Gasteiger partial charge on any atom is 0.344 e. The minimum atomic E-state index is -4.18. The van der Waals surface area contributed by atoms with Crippen LogP contribution in [0, 0.1) is 5.82 Å². The molecule has 0 saturated heterocycles. The zero-order valence-corrected chi connectivity index (χ0v) is 18.1. The topological polar surface area (TPSA) is 118 Å². The van der Waals surface area contributed by atoms with Gasteiger partial charge in [0, 0.05) is 16.8 Å². The summed E-state index contributed by atoms with van der Waals surface area (Å²) in [4.78, 5) is 16.7. The number of aromatic nitrogens is 2. The number of nitrogens with one attached hydrogen (secondary N) is 1. The number of carbonyl (C=O) groups is 1. The first-order chi connectivity index (χ1) is 15.2. The lowest BCUT2D eigenvalue weighted by Crippen LogP contribution is -2.36. The van der Waals surface area contributed by atoms with Crippen molar-refractivity contribution >= 4 is 44.7 Å². The fourth-order valence-electron chi connectivity index (χ4n) is 2.88. The lowest BCUT2D eigenvalue weighted by molar-refractivity contribution is -0.116. The van der Waals surface area contributed by atoms with Gasteiger partial charge in [-0.1, -0.05) is 47.1 Å². The van der Waals surface area contributed by atoms with Gasteiger partial charge in [-0.05, 0) is 25.1 Å². The maximum absolute atomic E-state index is 13.9. The fraction of sp³-hybridized carbons (Fsp3) is 0.100. The molecule has 0 unspecified atom stereocenters. The van der Waals surface area contributed by atoms with Crippen molar-refractivity contribution in [3.8, 4) is 11.4 Å². The third-order valence-electron chi connectivity index (χ3n) is 4.40. The van der Waals surface area contributed by atoms with Crippen LogP contribution in [-0.2, 0) is 15.0 Å². The number of carbonyl (C=O) groups excluding carboxylic acids is 1. The van der Waals surface area contributed by atoms with Crippen molar-refractivity contribution in [2.75, 3.05) is 11.9 Å². The third-order valence-corrected chi connectivity index (χ3v) is 5.97. The van der Waals surface area contributed by atoms with Crippen molar-refractivity contribution in [3.05, 3.63) is 71.5 Å². The third kappa shape index (κ3) is 4.53. The van der Waals surface area contributed by atoms with E-state index in [0.29, 0.717) is 15.7 Å². The smallest absolute Gasteiger partial charge is 0.333 e. The van der Waals surface area contributed by atoms with E-state index < -0.39 is 28.5 Å². The summed E-state index contributed by atoms with van der Waals surface area (Å²) in [6.45, 7) is 0.820. The Morgan fingerprint density at radius 3 is 2.69 bits per heavy atom. The Labute approximate surface area is 187 Å². The summed E-state index contributed by atoms with van der Waals surface area (Å²) in [6.07, 6.45) is 1.18. The van der Waals surface area contributed by atoms with E-state index in [9.17, 15) is 17.6 Å². The highest BCUT2D eigenvalue weighted by Gasteiger charge is 2.30. The molecule has 164 valence electrons. The van der Waals surface area contributed by atoms with Crippen LogP contribution in [0.4, 0.5) is 10.1 Å². The highest BCUT2D eigenvalue weighted by molar-refractivity contribution is 7.88. The number of allylic oxidation sites excluding steroid dienone is 1. The summed E-state index contributed by atoms with van der Waals surface area (Å²) in [5.41, 5.74) is 0.929. The summed E-state index contributed by atoms with van der Waals surface area (Å²) in [5.74, 6) is -1.19. The summed E-state index contributed by atoms with van der Waals surface area (Å²) in [5, 5.41) is 6.37. The van der Waals surface area contributed by atoms with Crippen molar-refractivity contribution in [2.45, 2.75) is 6.92 Å². The molecule has 2 heterocycles. The molecule has 0 fully saturated rings. The number of amides is 1. The van der Waals surface area contributed by atoms with Gasteiger partial charge in [-0.3, -0.25) is 4.79 Å². The number of rotatable bonds is 5.